The van der Waals surface area contributed by atoms with Gasteiger partial charge in [-0.3, -0.25) is 0 Å². The maximum absolute atomic E-state index is 9.47. The normalized spacial score (nSPS) is 59.7. The number of rotatable bonds is 0. The van der Waals surface area contributed by atoms with Gasteiger partial charge in [0.1, 0.15) is 0 Å². The van der Waals surface area contributed by atoms with Crippen molar-refractivity contribution in [2.75, 3.05) is 0 Å². The first-order valence-corrected chi connectivity index (χ1v) is 4.07. The van der Waals surface area contributed by atoms with Gasteiger partial charge in [-0.1, -0.05) is 0 Å². The number of fused-ring (bicyclic) bond motifs is 2. The monoisotopic (exact) mass is 162 g/mol. The second kappa shape index (κ2) is 1.87. The van der Waals surface area contributed by atoms with Crippen LogP contribution in [-0.4, -0.2) is 27.3 Å². The molecule has 2 rings (SSSR count). The second-order valence-electron chi connectivity index (χ2n) is 3.42. The Hall–Kier alpha value is 0.210. The van der Waals surface area contributed by atoms with Gasteiger partial charge in [-0.25, -0.2) is 0 Å². The standard InChI is InChI=1S/C7H11ClO2/c8-7-2-1-4(6(7)10)3-5(7)9/h4-6,9-10H,1-3H2/t4-,5-,6+,7-/m0/s1. The molecule has 0 saturated heterocycles. The van der Waals surface area contributed by atoms with Gasteiger partial charge in [0.2, 0.25) is 0 Å². The molecular weight excluding hydrogens is 152 g/mol. The Balaban J connectivity index is 2.29. The average Bonchev–Trinajstić information content (AvgIpc) is 2.25. The highest BCUT2D eigenvalue weighted by Crippen LogP contribution is 2.51. The lowest BCUT2D eigenvalue weighted by atomic mass is 9.97. The number of hydrogen-bond donors (Lipinski definition) is 2. The van der Waals surface area contributed by atoms with Crippen LogP contribution in [0.3, 0.4) is 0 Å². The molecule has 0 aliphatic heterocycles. The van der Waals surface area contributed by atoms with Crippen LogP contribution in [0.4, 0.5) is 0 Å². The summed E-state index contributed by atoms with van der Waals surface area (Å²) in [6, 6.07) is 0. The first-order valence-electron chi connectivity index (χ1n) is 3.69. The first-order chi connectivity index (χ1) is 4.64. The van der Waals surface area contributed by atoms with E-state index in [1.165, 1.54) is 0 Å². The van der Waals surface area contributed by atoms with Crippen molar-refractivity contribution in [2.45, 2.75) is 36.3 Å². The van der Waals surface area contributed by atoms with Gasteiger partial charge >= 0.3 is 0 Å². The van der Waals surface area contributed by atoms with Crippen LogP contribution >= 0.6 is 11.6 Å². The molecule has 0 amide bonds. The Morgan fingerprint density at radius 2 is 2.10 bits per heavy atom. The Labute approximate surface area is 64.8 Å². The van der Waals surface area contributed by atoms with Crippen LogP contribution in [0.15, 0.2) is 0 Å². The summed E-state index contributed by atoms with van der Waals surface area (Å²) in [6.45, 7) is 0. The highest BCUT2D eigenvalue weighted by molar-refractivity contribution is 6.25. The van der Waals surface area contributed by atoms with Crippen molar-refractivity contribution < 1.29 is 10.2 Å². The fourth-order valence-electron chi connectivity index (χ4n) is 2.20. The van der Waals surface area contributed by atoms with Crippen molar-refractivity contribution in [3.63, 3.8) is 0 Å². The molecule has 0 aromatic heterocycles. The number of hydrogen-bond acceptors (Lipinski definition) is 2. The molecule has 2 bridgehead atoms. The summed E-state index contributed by atoms with van der Waals surface area (Å²) in [4.78, 5) is -0.690. The third-order valence-corrected chi connectivity index (χ3v) is 3.58. The topological polar surface area (TPSA) is 40.5 Å². The summed E-state index contributed by atoms with van der Waals surface area (Å²) < 4.78 is 0. The second-order valence-corrected chi connectivity index (χ2v) is 4.13. The Morgan fingerprint density at radius 1 is 1.40 bits per heavy atom. The van der Waals surface area contributed by atoms with Gasteiger partial charge in [-0.05, 0) is 25.2 Å². The van der Waals surface area contributed by atoms with Crippen LogP contribution in [-0.2, 0) is 0 Å². The highest BCUT2D eigenvalue weighted by Gasteiger charge is 2.57. The lowest BCUT2D eigenvalue weighted by molar-refractivity contribution is 0.0920. The Kier molecular flexibility index (Phi) is 1.29. The summed E-state index contributed by atoms with van der Waals surface area (Å²) in [5, 5.41) is 18.8. The SMILES string of the molecule is O[C@@H]1[C@H]2CC[C@]1(Cl)[C@@H](O)C2. The van der Waals surface area contributed by atoms with E-state index in [2.05, 4.69) is 0 Å². The van der Waals surface area contributed by atoms with Gasteiger partial charge in [0, 0.05) is 0 Å². The third kappa shape index (κ3) is 0.621. The fraction of sp³-hybridized carbons (Fsp3) is 1.00. The summed E-state index contributed by atoms with van der Waals surface area (Å²) in [5.74, 6) is 0.257. The lowest BCUT2D eigenvalue weighted by Crippen LogP contribution is -2.38. The zero-order valence-electron chi connectivity index (χ0n) is 5.63. The molecule has 2 saturated carbocycles. The van der Waals surface area contributed by atoms with Crippen molar-refractivity contribution in [2.24, 2.45) is 5.92 Å². The van der Waals surface area contributed by atoms with Gasteiger partial charge in [-0.15, -0.1) is 11.6 Å². The molecule has 0 aromatic rings. The smallest absolute Gasteiger partial charge is 0.0965 e. The molecule has 3 heteroatoms. The minimum atomic E-state index is -0.690. The van der Waals surface area contributed by atoms with Crippen LogP contribution in [0.2, 0.25) is 0 Å². The third-order valence-electron chi connectivity index (χ3n) is 2.92. The molecular formula is C7H11ClO2. The Bertz CT molecular complexity index is 162. The van der Waals surface area contributed by atoms with Crippen LogP contribution in [0.1, 0.15) is 19.3 Å². The maximum Gasteiger partial charge on any atom is 0.0965 e. The minimum Gasteiger partial charge on any atom is -0.391 e. The van der Waals surface area contributed by atoms with Crippen LogP contribution in [0.5, 0.6) is 0 Å². The number of halogens is 1. The molecule has 2 aliphatic rings. The first kappa shape index (κ1) is 6.89. The minimum absolute atomic E-state index is 0.257. The van der Waals surface area contributed by atoms with Crippen molar-refractivity contribution in [3.05, 3.63) is 0 Å². The van der Waals surface area contributed by atoms with Gasteiger partial charge in [0.25, 0.3) is 0 Å². The van der Waals surface area contributed by atoms with E-state index in [0.717, 1.165) is 12.8 Å². The lowest BCUT2D eigenvalue weighted by Gasteiger charge is -2.25. The molecule has 0 heterocycles. The summed E-state index contributed by atoms with van der Waals surface area (Å²) in [5.41, 5.74) is 0. The van der Waals surface area contributed by atoms with Crippen molar-refractivity contribution in [3.8, 4) is 0 Å². The molecule has 2 fully saturated rings. The van der Waals surface area contributed by atoms with E-state index >= 15 is 0 Å². The van der Waals surface area contributed by atoms with Gasteiger partial charge < -0.3 is 10.2 Å². The quantitative estimate of drug-likeness (QED) is 0.510. The fourth-order valence-corrected chi connectivity index (χ4v) is 2.57. The van der Waals surface area contributed by atoms with Crippen LogP contribution in [0, 0.1) is 5.92 Å². The van der Waals surface area contributed by atoms with E-state index in [4.69, 9.17) is 11.6 Å². The molecule has 0 unspecified atom stereocenters. The maximum atomic E-state index is 9.47. The molecule has 2 nitrogen and oxygen atoms in total. The molecule has 2 aliphatic carbocycles. The van der Waals surface area contributed by atoms with E-state index in [1.807, 2.05) is 0 Å². The van der Waals surface area contributed by atoms with E-state index < -0.39 is 17.1 Å². The summed E-state index contributed by atoms with van der Waals surface area (Å²) in [6.07, 6.45) is 1.47. The van der Waals surface area contributed by atoms with Gasteiger partial charge in [-0.2, -0.15) is 0 Å². The van der Waals surface area contributed by atoms with E-state index in [-0.39, 0.29) is 5.92 Å². The van der Waals surface area contributed by atoms with E-state index in [0.29, 0.717) is 6.42 Å². The molecule has 2 N–H and O–H groups in total. The van der Waals surface area contributed by atoms with Gasteiger partial charge in [0.05, 0.1) is 17.1 Å². The molecule has 0 aromatic carbocycles. The van der Waals surface area contributed by atoms with E-state index in [9.17, 15) is 10.2 Å². The average molecular weight is 163 g/mol. The number of aliphatic hydroxyl groups is 2. The van der Waals surface area contributed by atoms with Crippen molar-refractivity contribution in [1.29, 1.82) is 0 Å². The summed E-state index contributed by atoms with van der Waals surface area (Å²) >= 11 is 6.00. The molecule has 0 spiro atoms. The molecule has 4 atom stereocenters. The number of aliphatic hydroxyl groups excluding tert-OH is 2. The Morgan fingerprint density at radius 3 is 2.30 bits per heavy atom. The zero-order chi connectivity index (χ0) is 7.35. The summed E-state index contributed by atoms with van der Waals surface area (Å²) in [7, 11) is 0. The predicted octanol–water partition coefficient (Wildman–Crippen LogP) is 0.499. The van der Waals surface area contributed by atoms with E-state index in [1.54, 1.807) is 0 Å². The van der Waals surface area contributed by atoms with Crippen molar-refractivity contribution >= 4 is 11.6 Å². The van der Waals surface area contributed by atoms with Crippen molar-refractivity contribution in [1.82, 2.24) is 0 Å². The molecule has 58 valence electrons. The largest absolute Gasteiger partial charge is 0.391 e. The van der Waals surface area contributed by atoms with Crippen LogP contribution < -0.4 is 0 Å². The zero-order valence-corrected chi connectivity index (χ0v) is 6.38. The molecule has 0 radical (unpaired) electrons. The van der Waals surface area contributed by atoms with Crippen LogP contribution in [0.25, 0.3) is 0 Å². The highest BCUT2D eigenvalue weighted by atomic mass is 35.5. The number of alkyl halides is 1. The molecule has 10 heavy (non-hydrogen) atoms. The predicted molar refractivity (Wildman–Crippen MR) is 37.9 cm³/mol. The van der Waals surface area contributed by atoms with Gasteiger partial charge in [0.15, 0.2) is 0 Å².